The molecule has 7 heteroatoms. The molecule has 1 aromatic heterocycles. The van der Waals surface area contributed by atoms with E-state index in [1.807, 2.05) is 25.1 Å². The Morgan fingerprint density at radius 1 is 1.25 bits per heavy atom. The van der Waals surface area contributed by atoms with Gasteiger partial charge in [0.25, 0.3) is 5.91 Å². The van der Waals surface area contributed by atoms with Gasteiger partial charge in [0.05, 0.1) is 6.21 Å². The van der Waals surface area contributed by atoms with Crippen LogP contribution in [-0.2, 0) is 11.2 Å². The molecule has 144 valence electrons. The Bertz CT molecular complexity index is 1080. The molecule has 0 fully saturated rings. The van der Waals surface area contributed by atoms with E-state index in [1.165, 1.54) is 12.3 Å². The number of ether oxygens (including phenoxy) is 1. The van der Waals surface area contributed by atoms with Gasteiger partial charge in [-0.15, -0.1) is 0 Å². The van der Waals surface area contributed by atoms with Gasteiger partial charge in [0.15, 0.2) is 6.61 Å². The second-order valence-electron chi connectivity index (χ2n) is 6.10. The number of benzene rings is 2. The second-order valence-corrected chi connectivity index (χ2v) is 6.51. The predicted molar refractivity (Wildman–Crippen MR) is 109 cm³/mol. The minimum absolute atomic E-state index is 0.232. The number of amides is 1. The van der Waals surface area contributed by atoms with Crippen LogP contribution in [0.1, 0.15) is 24.5 Å². The number of carbonyl (C=O) groups is 1. The van der Waals surface area contributed by atoms with Crippen LogP contribution in [0.5, 0.6) is 5.75 Å². The highest BCUT2D eigenvalue weighted by Gasteiger charge is 2.08. The van der Waals surface area contributed by atoms with Crippen molar-refractivity contribution in [2.75, 3.05) is 6.61 Å². The first-order valence-corrected chi connectivity index (χ1v) is 9.20. The number of halogens is 1. The molecule has 0 atom stereocenters. The molecule has 0 aliphatic heterocycles. The summed E-state index contributed by atoms with van der Waals surface area (Å²) < 4.78 is 10.7. The third kappa shape index (κ3) is 4.98. The van der Waals surface area contributed by atoms with Gasteiger partial charge in [0, 0.05) is 28.1 Å². The summed E-state index contributed by atoms with van der Waals surface area (Å²) in [5.74, 6) is -0.000816. The number of hydrazone groups is 1. The van der Waals surface area contributed by atoms with E-state index in [-0.39, 0.29) is 6.61 Å². The third-order valence-electron chi connectivity index (χ3n) is 3.99. The summed E-state index contributed by atoms with van der Waals surface area (Å²) in [4.78, 5) is 23.6. The normalized spacial score (nSPS) is 11.1. The molecule has 1 N–H and O–H groups in total. The molecule has 0 aliphatic carbocycles. The van der Waals surface area contributed by atoms with E-state index < -0.39 is 11.5 Å². The molecular formula is C21H19ClN2O4. The fourth-order valence-electron chi connectivity index (χ4n) is 2.71. The first kappa shape index (κ1) is 19.6. The van der Waals surface area contributed by atoms with Gasteiger partial charge in [0.1, 0.15) is 11.3 Å². The van der Waals surface area contributed by atoms with Crippen molar-refractivity contribution in [3.05, 3.63) is 75.1 Å². The summed E-state index contributed by atoms with van der Waals surface area (Å²) in [6.07, 6.45) is 3.17. The molecular weight excluding hydrogens is 380 g/mol. The molecule has 1 heterocycles. The average molecular weight is 399 g/mol. The third-order valence-corrected chi connectivity index (χ3v) is 4.33. The van der Waals surface area contributed by atoms with Gasteiger partial charge in [-0.3, -0.25) is 4.79 Å². The maximum Gasteiger partial charge on any atom is 0.336 e. The van der Waals surface area contributed by atoms with E-state index in [1.54, 1.807) is 24.3 Å². The zero-order valence-electron chi connectivity index (χ0n) is 15.3. The highest BCUT2D eigenvalue weighted by Crippen LogP contribution is 2.23. The summed E-state index contributed by atoms with van der Waals surface area (Å²) in [5, 5.41) is 5.26. The zero-order chi connectivity index (χ0) is 19.9. The topological polar surface area (TPSA) is 80.9 Å². The number of nitrogens with one attached hydrogen (secondary N) is 1. The summed E-state index contributed by atoms with van der Waals surface area (Å²) in [6, 6.07) is 13.8. The number of fused-ring (bicyclic) bond motifs is 1. The van der Waals surface area contributed by atoms with E-state index in [9.17, 15) is 9.59 Å². The lowest BCUT2D eigenvalue weighted by atomic mass is 10.1. The first-order chi connectivity index (χ1) is 13.6. The van der Waals surface area contributed by atoms with Crippen molar-refractivity contribution in [3.8, 4) is 5.75 Å². The molecule has 28 heavy (non-hydrogen) atoms. The fourth-order valence-corrected chi connectivity index (χ4v) is 2.90. The van der Waals surface area contributed by atoms with Crippen molar-refractivity contribution >= 4 is 34.7 Å². The minimum atomic E-state index is -0.426. The van der Waals surface area contributed by atoms with Crippen LogP contribution in [0, 0.1) is 0 Å². The van der Waals surface area contributed by atoms with Crippen LogP contribution in [0.25, 0.3) is 11.0 Å². The molecule has 3 aromatic rings. The van der Waals surface area contributed by atoms with Crippen molar-refractivity contribution < 1.29 is 13.9 Å². The Balaban J connectivity index is 1.62. The summed E-state index contributed by atoms with van der Waals surface area (Å²) in [5.41, 5.74) is 4.04. The molecule has 0 saturated carbocycles. The maximum absolute atomic E-state index is 11.9. The van der Waals surface area contributed by atoms with E-state index in [0.717, 1.165) is 23.8 Å². The smallest absolute Gasteiger partial charge is 0.336 e. The standard InChI is InChI=1S/C21H19ClN2O4/c1-2-5-14-10-21(26)28-19-11-16(8-9-17(14)19)27-13-20(25)24-23-12-15-6-3-4-7-18(15)22/h3-4,6-12H,2,5,13H2,1H3,(H,24,25). The number of hydrogen-bond acceptors (Lipinski definition) is 5. The quantitative estimate of drug-likeness (QED) is 0.371. The highest BCUT2D eigenvalue weighted by atomic mass is 35.5. The fraction of sp³-hybridized carbons (Fsp3) is 0.190. The van der Waals surface area contributed by atoms with Crippen LogP contribution < -0.4 is 15.8 Å². The van der Waals surface area contributed by atoms with Crippen LogP contribution in [-0.4, -0.2) is 18.7 Å². The molecule has 0 aliphatic rings. The number of rotatable bonds is 7. The summed E-state index contributed by atoms with van der Waals surface area (Å²) in [6.45, 7) is 1.81. The van der Waals surface area contributed by atoms with Crippen molar-refractivity contribution in [1.82, 2.24) is 5.43 Å². The summed E-state index contributed by atoms with van der Waals surface area (Å²) >= 11 is 6.01. The molecule has 0 spiro atoms. The number of hydrogen-bond donors (Lipinski definition) is 1. The maximum atomic E-state index is 11.9. The minimum Gasteiger partial charge on any atom is -0.484 e. The lowest BCUT2D eigenvalue weighted by Gasteiger charge is -2.08. The monoisotopic (exact) mass is 398 g/mol. The van der Waals surface area contributed by atoms with Crippen molar-refractivity contribution in [2.24, 2.45) is 5.10 Å². The van der Waals surface area contributed by atoms with E-state index in [2.05, 4.69) is 10.5 Å². The lowest BCUT2D eigenvalue weighted by Crippen LogP contribution is -2.24. The van der Waals surface area contributed by atoms with Crippen LogP contribution in [0.4, 0.5) is 0 Å². The van der Waals surface area contributed by atoms with E-state index >= 15 is 0 Å². The van der Waals surface area contributed by atoms with Gasteiger partial charge < -0.3 is 9.15 Å². The number of aryl methyl sites for hydroxylation is 1. The van der Waals surface area contributed by atoms with Crippen molar-refractivity contribution in [3.63, 3.8) is 0 Å². The Morgan fingerprint density at radius 2 is 2.07 bits per heavy atom. The molecule has 2 aromatic carbocycles. The van der Waals surface area contributed by atoms with Gasteiger partial charge in [-0.05, 0) is 30.2 Å². The molecule has 0 radical (unpaired) electrons. The van der Waals surface area contributed by atoms with E-state index in [0.29, 0.717) is 21.9 Å². The van der Waals surface area contributed by atoms with Crippen molar-refractivity contribution in [2.45, 2.75) is 19.8 Å². The highest BCUT2D eigenvalue weighted by molar-refractivity contribution is 6.33. The Labute approximate surface area is 166 Å². The average Bonchev–Trinajstić information content (AvgIpc) is 2.67. The van der Waals surface area contributed by atoms with Crippen molar-refractivity contribution in [1.29, 1.82) is 0 Å². The van der Waals surface area contributed by atoms with Gasteiger partial charge >= 0.3 is 5.63 Å². The number of nitrogens with zero attached hydrogens (tertiary/aromatic N) is 1. The van der Waals surface area contributed by atoms with Crippen LogP contribution in [0.3, 0.4) is 0 Å². The number of carbonyl (C=O) groups excluding carboxylic acids is 1. The molecule has 1 amide bonds. The lowest BCUT2D eigenvalue weighted by molar-refractivity contribution is -0.123. The van der Waals surface area contributed by atoms with E-state index in [4.69, 9.17) is 20.8 Å². The van der Waals surface area contributed by atoms with Gasteiger partial charge in [-0.1, -0.05) is 43.1 Å². The molecule has 0 unspecified atom stereocenters. The zero-order valence-corrected chi connectivity index (χ0v) is 16.0. The first-order valence-electron chi connectivity index (χ1n) is 8.83. The second kappa shape index (κ2) is 9.19. The molecule has 6 nitrogen and oxygen atoms in total. The SMILES string of the molecule is CCCc1cc(=O)oc2cc(OCC(=O)NN=Cc3ccccc3Cl)ccc12. The van der Waals surface area contributed by atoms with Gasteiger partial charge in [-0.25, -0.2) is 10.2 Å². The van der Waals surface area contributed by atoms with Crippen LogP contribution in [0.2, 0.25) is 5.02 Å². The predicted octanol–water partition coefficient (Wildman–Crippen LogP) is 3.93. The van der Waals surface area contributed by atoms with Crippen LogP contribution >= 0.6 is 11.6 Å². The molecule has 0 saturated heterocycles. The Hall–Kier alpha value is -3.12. The Morgan fingerprint density at radius 3 is 2.86 bits per heavy atom. The van der Waals surface area contributed by atoms with Gasteiger partial charge in [0.2, 0.25) is 0 Å². The Kier molecular flexibility index (Phi) is 6.45. The van der Waals surface area contributed by atoms with Crippen LogP contribution in [0.15, 0.2) is 62.8 Å². The molecule has 0 bridgehead atoms. The molecule has 3 rings (SSSR count). The summed E-state index contributed by atoms with van der Waals surface area (Å²) in [7, 11) is 0. The largest absolute Gasteiger partial charge is 0.484 e. The van der Waals surface area contributed by atoms with Gasteiger partial charge in [-0.2, -0.15) is 5.10 Å².